The summed E-state index contributed by atoms with van der Waals surface area (Å²) in [6.07, 6.45) is 3.76. The molecule has 0 atom stereocenters. The second-order valence-electron chi connectivity index (χ2n) is 4.67. The molecule has 0 radical (unpaired) electrons. The van der Waals surface area contributed by atoms with Crippen molar-refractivity contribution in [3.63, 3.8) is 0 Å². The van der Waals surface area contributed by atoms with Crippen LogP contribution in [0, 0.1) is 6.92 Å². The van der Waals surface area contributed by atoms with Crippen molar-refractivity contribution in [2.24, 2.45) is 0 Å². The molecular formula is C15H20N4. The average Bonchev–Trinajstić information content (AvgIpc) is 2.39. The maximum absolute atomic E-state index is 5.94. The summed E-state index contributed by atoms with van der Waals surface area (Å²) in [6.45, 7) is 4.13. The predicted molar refractivity (Wildman–Crippen MR) is 79.7 cm³/mol. The minimum Gasteiger partial charge on any atom is -0.382 e. The fourth-order valence-electron chi connectivity index (χ4n) is 2.20. The highest BCUT2D eigenvalue weighted by Gasteiger charge is 2.12. The molecule has 2 rings (SSSR count). The van der Waals surface area contributed by atoms with Gasteiger partial charge in [-0.2, -0.15) is 0 Å². The topological polar surface area (TPSA) is 55.0 Å². The van der Waals surface area contributed by atoms with E-state index in [1.165, 1.54) is 11.9 Å². The van der Waals surface area contributed by atoms with E-state index in [0.717, 1.165) is 29.9 Å². The Morgan fingerprint density at radius 2 is 1.84 bits per heavy atom. The molecule has 0 spiro atoms. The fourth-order valence-corrected chi connectivity index (χ4v) is 2.20. The third kappa shape index (κ3) is 2.84. The van der Waals surface area contributed by atoms with E-state index in [4.69, 9.17) is 5.73 Å². The van der Waals surface area contributed by atoms with E-state index in [1.807, 2.05) is 18.9 Å². The number of hydrogen-bond acceptors (Lipinski definition) is 4. The maximum atomic E-state index is 5.94. The van der Waals surface area contributed by atoms with Crippen LogP contribution in [0.15, 0.2) is 30.6 Å². The first-order valence-electron chi connectivity index (χ1n) is 6.53. The number of rotatable bonds is 4. The zero-order valence-electron chi connectivity index (χ0n) is 11.7. The lowest BCUT2D eigenvalue weighted by atomic mass is 10.1. The fraction of sp³-hybridized carbons (Fsp3) is 0.333. The number of aromatic nitrogens is 2. The predicted octanol–water partition coefficient (Wildman–Crippen LogP) is 3.09. The van der Waals surface area contributed by atoms with Crippen LogP contribution in [0.4, 0.5) is 17.2 Å². The number of anilines is 3. The van der Waals surface area contributed by atoms with Gasteiger partial charge in [0.25, 0.3) is 0 Å². The number of nitrogens with two attached hydrogens (primary N) is 1. The molecule has 0 amide bonds. The van der Waals surface area contributed by atoms with Crippen LogP contribution in [0.25, 0.3) is 0 Å². The SMILES string of the molecule is CCCc1ccc(N(C)c2c(C)ncnc2N)cc1. The zero-order valence-corrected chi connectivity index (χ0v) is 11.7. The molecule has 1 heterocycles. The summed E-state index contributed by atoms with van der Waals surface area (Å²) < 4.78 is 0. The third-order valence-electron chi connectivity index (χ3n) is 3.23. The Hall–Kier alpha value is -2.10. The molecule has 4 nitrogen and oxygen atoms in total. The molecule has 0 unspecified atom stereocenters. The van der Waals surface area contributed by atoms with Crippen LogP contribution in [0.5, 0.6) is 0 Å². The number of nitrogens with zero attached hydrogens (tertiary/aromatic N) is 3. The van der Waals surface area contributed by atoms with Gasteiger partial charge in [0, 0.05) is 12.7 Å². The van der Waals surface area contributed by atoms with E-state index in [9.17, 15) is 0 Å². The van der Waals surface area contributed by atoms with Crippen molar-refractivity contribution in [2.75, 3.05) is 17.7 Å². The molecule has 1 aromatic heterocycles. The minimum absolute atomic E-state index is 0.507. The summed E-state index contributed by atoms with van der Waals surface area (Å²) in [4.78, 5) is 10.3. The van der Waals surface area contributed by atoms with Gasteiger partial charge in [-0.1, -0.05) is 25.5 Å². The van der Waals surface area contributed by atoms with Crippen molar-refractivity contribution < 1.29 is 0 Å². The number of nitrogen functional groups attached to an aromatic ring is 1. The highest BCUT2D eigenvalue weighted by atomic mass is 15.1. The van der Waals surface area contributed by atoms with Crippen LogP contribution < -0.4 is 10.6 Å². The van der Waals surface area contributed by atoms with Gasteiger partial charge in [-0.05, 0) is 31.0 Å². The molecule has 100 valence electrons. The Labute approximate surface area is 114 Å². The number of hydrogen-bond donors (Lipinski definition) is 1. The van der Waals surface area contributed by atoms with E-state index in [2.05, 4.69) is 41.2 Å². The summed E-state index contributed by atoms with van der Waals surface area (Å²) >= 11 is 0. The summed E-state index contributed by atoms with van der Waals surface area (Å²) in [5.41, 5.74) is 10.1. The van der Waals surface area contributed by atoms with Crippen molar-refractivity contribution in [3.8, 4) is 0 Å². The largest absolute Gasteiger partial charge is 0.382 e. The van der Waals surface area contributed by atoms with Gasteiger partial charge in [0.2, 0.25) is 0 Å². The molecule has 0 aliphatic rings. The van der Waals surface area contributed by atoms with Crippen LogP contribution in [0.2, 0.25) is 0 Å². The number of aryl methyl sites for hydroxylation is 2. The molecule has 0 saturated carbocycles. The highest BCUT2D eigenvalue weighted by molar-refractivity contribution is 5.73. The molecule has 19 heavy (non-hydrogen) atoms. The van der Waals surface area contributed by atoms with E-state index >= 15 is 0 Å². The third-order valence-corrected chi connectivity index (χ3v) is 3.23. The Bertz CT molecular complexity index is 528. The van der Waals surface area contributed by atoms with Gasteiger partial charge in [-0.3, -0.25) is 0 Å². The van der Waals surface area contributed by atoms with Crippen LogP contribution in [-0.4, -0.2) is 17.0 Å². The van der Waals surface area contributed by atoms with Crippen molar-refractivity contribution in [1.82, 2.24) is 9.97 Å². The van der Waals surface area contributed by atoms with E-state index < -0.39 is 0 Å². The standard InChI is InChI=1S/C15H20N4/c1-4-5-12-6-8-13(9-7-12)19(3)14-11(2)17-10-18-15(14)16/h6-10H,4-5H2,1-3H3,(H2,16,17,18). The number of benzene rings is 1. The van der Waals surface area contributed by atoms with Crippen LogP contribution in [-0.2, 0) is 6.42 Å². The Balaban J connectivity index is 2.31. The molecule has 0 bridgehead atoms. The Morgan fingerprint density at radius 1 is 1.16 bits per heavy atom. The van der Waals surface area contributed by atoms with Crippen molar-refractivity contribution in [3.05, 3.63) is 41.9 Å². The summed E-state index contributed by atoms with van der Waals surface area (Å²) in [5.74, 6) is 0.507. The summed E-state index contributed by atoms with van der Waals surface area (Å²) in [7, 11) is 1.98. The second-order valence-corrected chi connectivity index (χ2v) is 4.67. The van der Waals surface area contributed by atoms with Gasteiger partial charge in [0.1, 0.15) is 12.0 Å². The summed E-state index contributed by atoms with van der Waals surface area (Å²) in [6, 6.07) is 8.53. The van der Waals surface area contributed by atoms with E-state index in [1.54, 1.807) is 0 Å². The lowest BCUT2D eigenvalue weighted by molar-refractivity contribution is 0.921. The lowest BCUT2D eigenvalue weighted by Crippen LogP contribution is -2.14. The van der Waals surface area contributed by atoms with Gasteiger partial charge in [-0.25, -0.2) is 9.97 Å². The molecule has 2 N–H and O–H groups in total. The van der Waals surface area contributed by atoms with Crippen LogP contribution in [0.3, 0.4) is 0 Å². The molecule has 0 aliphatic heterocycles. The molecule has 4 heteroatoms. The van der Waals surface area contributed by atoms with Crippen molar-refractivity contribution in [1.29, 1.82) is 0 Å². The smallest absolute Gasteiger partial charge is 0.151 e. The molecule has 0 aliphatic carbocycles. The Kier molecular flexibility index (Phi) is 4.00. The summed E-state index contributed by atoms with van der Waals surface area (Å²) in [5, 5.41) is 0. The van der Waals surface area contributed by atoms with Crippen molar-refractivity contribution in [2.45, 2.75) is 26.7 Å². The highest BCUT2D eigenvalue weighted by Crippen LogP contribution is 2.29. The van der Waals surface area contributed by atoms with Gasteiger partial charge >= 0.3 is 0 Å². The van der Waals surface area contributed by atoms with Crippen LogP contribution in [0.1, 0.15) is 24.6 Å². The maximum Gasteiger partial charge on any atom is 0.151 e. The average molecular weight is 256 g/mol. The molecule has 0 fully saturated rings. The molecule has 0 saturated heterocycles. The normalized spacial score (nSPS) is 10.5. The minimum atomic E-state index is 0.507. The first kappa shape index (κ1) is 13.3. The van der Waals surface area contributed by atoms with E-state index in [-0.39, 0.29) is 0 Å². The first-order chi connectivity index (χ1) is 9.13. The molecule has 2 aromatic rings. The van der Waals surface area contributed by atoms with Gasteiger partial charge in [0.05, 0.1) is 5.69 Å². The molecule has 1 aromatic carbocycles. The van der Waals surface area contributed by atoms with Crippen molar-refractivity contribution >= 4 is 17.2 Å². The van der Waals surface area contributed by atoms with Gasteiger partial charge in [0.15, 0.2) is 5.82 Å². The van der Waals surface area contributed by atoms with Gasteiger partial charge < -0.3 is 10.6 Å². The van der Waals surface area contributed by atoms with Crippen LogP contribution >= 0.6 is 0 Å². The van der Waals surface area contributed by atoms with E-state index in [0.29, 0.717) is 5.82 Å². The lowest BCUT2D eigenvalue weighted by Gasteiger charge is -2.22. The Morgan fingerprint density at radius 3 is 2.42 bits per heavy atom. The second kappa shape index (κ2) is 5.69. The quantitative estimate of drug-likeness (QED) is 0.913. The monoisotopic (exact) mass is 256 g/mol. The van der Waals surface area contributed by atoms with Gasteiger partial charge in [-0.15, -0.1) is 0 Å². The zero-order chi connectivity index (χ0) is 13.8. The first-order valence-corrected chi connectivity index (χ1v) is 6.53. The molecular weight excluding hydrogens is 236 g/mol.